The average Bonchev–Trinajstić information content (AvgIpc) is 3.13. The number of rotatable bonds is 11. The van der Waals surface area contributed by atoms with Crippen molar-refractivity contribution >= 4 is 0 Å². The Balaban J connectivity index is 1.30. The second-order valence-corrected chi connectivity index (χ2v) is 6.37. The Morgan fingerprint density at radius 1 is 0.714 bits per heavy atom. The van der Waals surface area contributed by atoms with Gasteiger partial charge in [-0.3, -0.25) is 0 Å². The van der Waals surface area contributed by atoms with E-state index in [9.17, 15) is 0 Å². The Hall–Kier alpha value is -0.160. The minimum Gasteiger partial charge on any atom is -0.350 e. The van der Waals surface area contributed by atoms with Crippen LogP contribution in [-0.4, -0.2) is 38.5 Å². The van der Waals surface area contributed by atoms with E-state index in [1.807, 2.05) is 0 Å². The van der Waals surface area contributed by atoms with Gasteiger partial charge >= 0.3 is 0 Å². The Labute approximate surface area is 129 Å². The van der Waals surface area contributed by atoms with Gasteiger partial charge in [-0.2, -0.15) is 0 Å². The van der Waals surface area contributed by atoms with Crippen molar-refractivity contribution in [1.29, 1.82) is 0 Å². The molecule has 0 bridgehead atoms. The molecule has 0 unspecified atom stereocenters. The summed E-state index contributed by atoms with van der Waals surface area (Å²) in [5, 5.41) is 0. The smallest absolute Gasteiger partial charge is 0.165 e. The molecule has 124 valence electrons. The van der Waals surface area contributed by atoms with Crippen LogP contribution in [0.1, 0.15) is 71.1 Å². The zero-order valence-corrected chi connectivity index (χ0v) is 13.6. The standard InChI is InChI=1S/C17H32O4/c1-17(20-14-15-21-17)11-9-7-5-3-2-4-6-8-10-16-18-12-13-19-16/h16H,2-15H2,1H3. The summed E-state index contributed by atoms with van der Waals surface area (Å²) < 4.78 is 22.1. The van der Waals surface area contributed by atoms with Crippen molar-refractivity contribution < 1.29 is 18.9 Å². The lowest BCUT2D eigenvalue weighted by Gasteiger charge is -2.21. The van der Waals surface area contributed by atoms with Crippen LogP contribution in [0, 0.1) is 0 Å². The number of unbranched alkanes of at least 4 members (excludes halogenated alkanes) is 7. The molecule has 4 heteroatoms. The van der Waals surface area contributed by atoms with Gasteiger partial charge in [-0.05, 0) is 26.2 Å². The maximum absolute atomic E-state index is 5.61. The van der Waals surface area contributed by atoms with Gasteiger partial charge in [0.05, 0.1) is 26.4 Å². The third-order valence-corrected chi connectivity index (χ3v) is 4.41. The maximum atomic E-state index is 5.61. The molecule has 2 rings (SSSR count). The minimum atomic E-state index is -0.287. The fourth-order valence-corrected chi connectivity index (χ4v) is 3.09. The van der Waals surface area contributed by atoms with Crippen molar-refractivity contribution in [3.63, 3.8) is 0 Å². The molecule has 0 N–H and O–H groups in total. The predicted molar refractivity (Wildman–Crippen MR) is 82.2 cm³/mol. The van der Waals surface area contributed by atoms with Gasteiger partial charge in [0.1, 0.15) is 0 Å². The Kier molecular flexibility index (Phi) is 8.01. The van der Waals surface area contributed by atoms with Gasteiger partial charge in [0, 0.05) is 6.42 Å². The van der Waals surface area contributed by atoms with Crippen molar-refractivity contribution in [3.05, 3.63) is 0 Å². The summed E-state index contributed by atoms with van der Waals surface area (Å²) in [6, 6.07) is 0. The van der Waals surface area contributed by atoms with Crippen molar-refractivity contribution in [2.24, 2.45) is 0 Å². The van der Waals surface area contributed by atoms with Crippen molar-refractivity contribution in [1.82, 2.24) is 0 Å². The van der Waals surface area contributed by atoms with Crippen LogP contribution < -0.4 is 0 Å². The van der Waals surface area contributed by atoms with E-state index in [0.717, 1.165) is 39.3 Å². The molecule has 2 heterocycles. The lowest BCUT2D eigenvalue weighted by Crippen LogP contribution is -2.24. The molecule has 2 fully saturated rings. The molecule has 0 atom stereocenters. The van der Waals surface area contributed by atoms with E-state index in [4.69, 9.17) is 18.9 Å². The van der Waals surface area contributed by atoms with Crippen LogP contribution in [0.2, 0.25) is 0 Å². The molecule has 21 heavy (non-hydrogen) atoms. The summed E-state index contributed by atoms with van der Waals surface area (Å²) in [7, 11) is 0. The van der Waals surface area contributed by atoms with Crippen molar-refractivity contribution in [3.8, 4) is 0 Å². The third-order valence-electron chi connectivity index (χ3n) is 4.41. The second-order valence-electron chi connectivity index (χ2n) is 6.37. The van der Waals surface area contributed by atoms with E-state index in [2.05, 4.69) is 6.92 Å². The molecular formula is C17H32O4. The molecule has 0 aromatic carbocycles. The zero-order chi connectivity index (χ0) is 14.8. The summed E-state index contributed by atoms with van der Waals surface area (Å²) in [5.41, 5.74) is 0. The molecule has 4 nitrogen and oxygen atoms in total. The van der Waals surface area contributed by atoms with Gasteiger partial charge in [-0.15, -0.1) is 0 Å². The summed E-state index contributed by atoms with van der Waals surface area (Å²) in [4.78, 5) is 0. The molecule has 0 aliphatic carbocycles. The summed E-state index contributed by atoms with van der Waals surface area (Å²) in [6.07, 6.45) is 12.6. The first-order valence-electron chi connectivity index (χ1n) is 8.80. The van der Waals surface area contributed by atoms with Gasteiger partial charge in [0.25, 0.3) is 0 Å². The summed E-state index contributed by atoms with van der Waals surface area (Å²) in [5.74, 6) is -0.287. The predicted octanol–water partition coefficient (Wildman–Crippen LogP) is 4.02. The molecular weight excluding hydrogens is 268 g/mol. The SMILES string of the molecule is CC1(CCCCCCCCCCC2OCCO2)OCCO1. The van der Waals surface area contributed by atoms with Gasteiger partial charge in [0.15, 0.2) is 12.1 Å². The number of ether oxygens (including phenoxy) is 4. The van der Waals surface area contributed by atoms with Crippen LogP contribution in [0.3, 0.4) is 0 Å². The first-order chi connectivity index (χ1) is 10.3. The van der Waals surface area contributed by atoms with Crippen LogP contribution in [0.25, 0.3) is 0 Å². The molecule has 2 aliphatic rings. The molecule has 0 aromatic heterocycles. The summed E-state index contributed by atoms with van der Waals surface area (Å²) >= 11 is 0. The zero-order valence-electron chi connectivity index (χ0n) is 13.6. The number of hydrogen-bond donors (Lipinski definition) is 0. The second kappa shape index (κ2) is 9.78. The van der Waals surface area contributed by atoms with Crippen LogP contribution in [0.15, 0.2) is 0 Å². The highest BCUT2D eigenvalue weighted by atomic mass is 16.7. The average molecular weight is 300 g/mol. The van der Waals surface area contributed by atoms with Crippen LogP contribution >= 0.6 is 0 Å². The van der Waals surface area contributed by atoms with Gasteiger partial charge < -0.3 is 18.9 Å². The highest BCUT2D eigenvalue weighted by molar-refractivity contribution is 4.67. The van der Waals surface area contributed by atoms with E-state index < -0.39 is 0 Å². The van der Waals surface area contributed by atoms with Gasteiger partial charge in [0.2, 0.25) is 0 Å². The van der Waals surface area contributed by atoms with Crippen molar-refractivity contribution in [2.75, 3.05) is 26.4 Å². The van der Waals surface area contributed by atoms with E-state index in [-0.39, 0.29) is 12.1 Å². The molecule has 0 saturated carbocycles. The summed E-state index contributed by atoms with van der Waals surface area (Å²) in [6.45, 7) is 5.14. The first-order valence-corrected chi connectivity index (χ1v) is 8.80. The van der Waals surface area contributed by atoms with E-state index in [0.29, 0.717) is 0 Å². The fraction of sp³-hybridized carbons (Fsp3) is 1.00. The molecule has 0 spiro atoms. The largest absolute Gasteiger partial charge is 0.350 e. The molecule has 0 aromatic rings. The lowest BCUT2D eigenvalue weighted by atomic mass is 10.0. The highest BCUT2D eigenvalue weighted by Crippen LogP contribution is 2.25. The van der Waals surface area contributed by atoms with Crippen LogP contribution in [-0.2, 0) is 18.9 Å². The van der Waals surface area contributed by atoms with Crippen LogP contribution in [0.4, 0.5) is 0 Å². The molecule has 0 amide bonds. The van der Waals surface area contributed by atoms with E-state index in [1.54, 1.807) is 0 Å². The molecule has 0 radical (unpaired) electrons. The van der Waals surface area contributed by atoms with Crippen LogP contribution in [0.5, 0.6) is 0 Å². The monoisotopic (exact) mass is 300 g/mol. The first kappa shape index (κ1) is 17.2. The third kappa shape index (κ3) is 7.09. The highest BCUT2D eigenvalue weighted by Gasteiger charge is 2.29. The van der Waals surface area contributed by atoms with Gasteiger partial charge in [-0.25, -0.2) is 0 Å². The fourth-order valence-electron chi connectivity index (χ4n) is 3.09. The Morgan fingerprint density at radius 2 is 1.24 bits per heavy atom. The van der Waals surface area contributed by atoms with E-state index in [1.165, 1.54) is 51.4 Å². The Morgan fingerprint density at radius 3 is 1.86 bits per heavy atom. The van der Waals surface area contributed by atoms with E-state index >= 15 is 0 Å². The van der Waals surface area contributed by atoms with Crippen molar-refractivity contribution in [2.45, 2.75) is 83.2 Å². The minimum absolute atomic E-state index is 0.0892. The Bertz CT molecular complexity index is 258. The normalized spacial score (nSPS) is 22.1. The molecule has 2 saturated heterocycles. The maximum Gasteiger partial charge on any atom is 0.165 e. The lowest BCUT2D eigenvalue weighted by molar-refractivity contribution is -0.147. The quantitative estimate of drug-likeness (QED) is 0.540. The molecule has 2 aliphatic heterocycles. The topological polar surface area (TPSA) is 36.9 Å². The van der Waals surface area contributed by atoms with Gasteiger partial charge in [-0.1, -0.05) is 38.5 Å². The number of hydrogen-bond acceptors (Lipinski definition) is 4.